The molecule has 0 aromatic heterocycles. The van der Waals surface area contributed by atoms with Crippen LogP contribution in [0.4, 0.5) is 5.69 Å². The van der Waals surface area contributed by atoms with Gasteiger partial charge in [-0.05, 0) is 78.0 Å². The number of piperidine rings is 1. The highest BCUT2D eigenvalue weighted by atomic mass is 79.9. The van der Waals surface area contributed by atoms with Gasteiger partial charge in [0.15, 0.2) is 6.10 Å². The van der Waals surface area contributed by atoms with Crippen molar-refractivity contribution in [3.63, 3.8) is 0 Å². The fourth-order valence-electron chi connectivity index (χ4n) is 3.18. The Morgan fingerprint density at radius 3 is 2.62 bits per heavy atom. The van der Waals surface area contributed by atoms with Crippen molar-refractivity contribution in [2.24, 2.45) is 5.92 Å². The molecule has 7 heteroatoms. The molecule has 2 aromatic carbocycles. The van der Waals surface area contributed by atoms with Gasteiger partial charge in [-0.25, -0.2) is 0 Å². The molecule has 1 atom stereocenters. The maximum atomic E-state index is 12.8. The van der Waals surface area contributed by atoms with E-state index in [1.807, 2.05) is 4.90 Å². The van der Waals surface area contributed by atoms with Gasteiger partial charge < -0.3 is 15.0 Å². The molecule has 3 rings (SSSR count). The van der Waals surface area contributed by atoms with Crippen LogP contribution < -0.4 is 10.1 Å². The molecule has 1 heterocycles. The number of hydrogen-bond acceptors (Lipinski definition) is 3. The molecule has 29 heavy (non-hydrogen) atoms. The van der Waals surface area contributed by atoms with Crippen LogP contribution in [0.25, 0.3) is 0 Å². The van der Waals surface area contributed by atoms with E-state index in [1.54, 1.807) is 49.4 Å². The van der Waals surface area contributed by atoms with E-state index in [1.165, 1.54) is 0 Å². The van der Waals surface area contributed by atoms with Crippen molar-refractivity contribution in [1.29, 1.82) is 0 Å². The lowest BCUT2D eigenvalue weighted by molar-refractivity contribution is -0.122. The smallest absolute Gasteiger partial charge is 0.265 e. The van der Waals surface area contributed by atoms with Crippen molar-refractivity contribution < 1.29 is 14.3 Å². The number of halogens is 2. The molecule has 1 N–H and O–H groups in total. The first-order valence-corrected chi connectivity index (χ1v) is 10.8. The number of likely N-dealkylation sites (tertiary alicyclic amines) is 1. The topological polar surface area (TPSA) is 58.6 Å². The molecular formula is C22H24BrClN2O3. The second-order valence-electron chi connectivity index (χ2n) is 7.38. The van der Waals surface area contributed by atoms with E-state index >= 15 is 0 Å². The van der Waals surface area contributed by atoms with Gasteiger partial charge in [-0.3, -0.25) is 9.59 Å². The summed E-state index contributed by atoms with van der Waals surface area (Å²) in [6.07, 6.45) is 1.32. The van der Waals surface area contributed by atoms with Crippen molar-refractivity contribution in [2.75, 3.05) is 18.4 Å². The number of nitrogens with one attached hydrogen (secondary N) is 1. The third kappa shape index (κ3) is 5.73. The normalized spacial score (nSPS) is 15.7. The average Bonchev–Trinajstić information content (AvgIpc) is 2.70. The average molecular weight is 480 g/mol. The molecule has 1 aliphatic heterocycles. The molecule has 0 aliphatic carbocycles. The summed E-state index contributed by atoms with van der Waals surface area (Å²) in [7, 11) is 0. The molecular weight excluding hydrogens is 456 g/mol. The van der Waals surface area contributed by atoms with Crippen molar-refractivity contribution in [3.8, 4) is 5.75 Å². The summed E-state index contributed by atoms with van der Waals surface area (Å²) < 4.78 is 6.40. The predicted octanol–water partition coefficient (Wildman–Crippen LogP) is 5.38. The van der Waals surface area contributed by atoms with Gasteiger partial charge in [-0.2, -0.15) is 0 Å². The SMILES string of the molecule is CC1CCN(C(=O)c2cccc(NC(=O)C(C)Oc3ccc(Cl)cc3Br)c2)CC1. The number of carbonyl (C=O) groups is 2. The lowest BCUT2D eigenvalue weighted by Gasteiger charge is -2.30. The monoisotopic (exact) mass is 478 g/mol. The van der Waals surface area contributed by atoms with Gasteiger partial charge in [0.2, 0.25) is 0 Å². The quantitative estimate of drug-likeness (QED) is 0.626. The maximum Gasteiger partial charge on any atom is 0.265 e. The van der Waals surface area contributed by atoms with Gasteiger partial charge in [0, 0.05) is 29.4 Å². The summed E-state index contributed by atoms with van der Waals surface area (Å²) in [6.45, 7) is 5.43. The molecule has 0 radical (unpaired) electrons. The summed E-state index contributed by atoms with van der Waals surface area (Å²) in [5.74, 6) is 0.887. The first kappa shape index (κ1) is 21.7. The number of nitrogens with zero attached hydrogens (tertiary/aromatic N) is 1. The highest BCUT2D eigenvalue weighted by molar-refractivity contribution is 9.10. The Kier molecular flexibility index (Phi) is 7.19. The van der Waals surface area contributed by atoms with Crippen molar-refractivity contribution in [3.05, 3.63) is 57.5 Å². The second-order valence-corrected chi connectivity index (χ2v) is 8.67. The van der Waals surface area contributed by atoms with Gasteiger partial charge >= 0.3 is 0 Å². The molecule has 1 saturated heterocycles. The number of amides is 2. The van der Waals surface area contributed by atoms with Crippen molar-refractivity contribution >= 4 is 45.0 Å². The molecule has 1 aliphatic rings. The molecule has 0 spiro atoms. The van der Waals surface area contributed by atoms with E-state index in [-0.39, 0.29) is 11.8 Å². The van der Waals surface area contributed by atoms with Gasteiger partial charge in [0.05, 0.1) is 4.47 Å². The lowest BCUT2D eigenvalue weighted by atomic mass is 9.98. The van der Waals surface area contributed by atoms with Crippen LogP contribution in [0.5, 0.6) is 5.75 Å². The minimum absolute atomic E-state index is 0.00222. The number of rotatable bonds is 5. The second kappa shape index (κ2) is 9.63. The first-order chi connectivity index (χ1) is 13.8. The molecule has 154 valence electrons. The van der Waals surface area contributed by atoms with E-state index in [0.717, 1.165) is 25.9 Å². The zero-order valence-electron chi connectivity index (χ0n) is 16.5. The van der Waals surface area contributed by atoms with E-state index in [0.29, 0.717) is 32.4 Å². The van der Waals surface area contributed by atoms with Crippen LogP contribution in [0.15, 0.2) is 46.9 Å². The number of hydrogen-bond donors (Lipinski definition) is 1. The summed E-state index contributed by atoms with van der Waals surface area (Å²) in [4.78, 5) is 27.2. The zero-order chi connectivity index (χ0) is 21.0. The van der Waals surface area contributed by atoms with Crippen LogP contribution in [0.3, 0.4) is 0 Å². The number of ether oxygens (including phenoxy) is 1. The van der Waals surface area contributed by atoms with Gasteiger partial charge in [0.1, 0.15) is 5.75 Å². The van der Waals surface area contributed by atoms with Crippen LogP contribution in [-0.2, 0) is 4.79 Å². The first-order valence-electron chi connectivity index (χ1n) is 9.65. The summed E-state index contributed by atoms with van der Waals surface area (Å²) in [5.41, 5.74) is 1.14. The highest BCUT2D eigenvalue weighted by Crippen LogP contribution is 2.29. The van der Waals surface area contributed by atoms with Crippen molar-refractivity contribution in [1.82, 2.24) is 4.90 Å². The van der Waals surface area contributed by atoms with Crippen LogP contribution in [0.1, 0.15) is 37.0 Å². The fraction of sp³-hybridized carbons (Fsp3) is 0.364. The molecule has 2 aromatic rings. The van der Waals surface area contributed by atoms with Crippen molar-refractivity contribution in [2.45, 2.75) is 32.8 Å². The third-order valence-corrected chi connectivity index (χ3v) is 5.87. The lowest BCUT2D eigenvalue weighted by Crippen LogP contribution is -2.38. The van der Waals surface area contributed by atoms with Crippen LogP contribution in [-0.4, -0.2) is 35.9 Å². The van der Waals surface area contributed by atoms with Gasteiger partial charge in [-0.1, -0.05) is 24.6 Å². The number of benzene rings is 2. The Morgan fingerprint density at radius 2 is 1.93 bits per heavy atom. The maximum absolute atomic E-state index is 12.8. The van der Waals surface area contributed by atoms with Gasteiger partial charge in [-0.15, -0.1) is 0 Å². The molecule has 0 bridgehead atoms. The number of anilines is 1. The Bertz CT molecular complexity index is 897. The van der Waals surface area contributed by atoms with Crippen LogP contribution in [0, 0.1) is 5.92 Å². The van der Waals surface area contributed by atoms with E-state index < -0.39 is 6.10 Å². The van der Waals surface area contributed by atoms with E-state index in [2.05, 4.69) is 28.2 Å². The fourth-order valence-corrected chi connectivity index (χ4v) is 3.96. The molecule has 1 fully saturated rings. The predicted molar refractivity (Wildman–Crippen MR) is 119 cm³/mol. The summed E-state index contributed by atoms with van der Waals surface area (Å²) >= 11 is 9.31. The Morgan fingerprint density at radius 1 is 1.21 bits per heavy atom. The molecule has 1 unspecified atom stereocenters. The Hall–Kier alpha value is -2.05. The molecule has 0 saturated carbocycles. The minimum atomic E-state index is -0.726. The number of carbonyl (C=O) groups excluding carboxylic acids is 2. The van der Waals surface area contributed by atoms with E-state index in [4.69, 9.17) is 16.3 Å². The molecule has 5 nitrogen and oxygen atoms in total. The highest BCUT2D eigenvalue weighted by Gasteiger charge is 2.22. The van der Waals surface area contributed by atoms with Gasteiger partial charge in [0.25, 0.3) is 11.8 Å². The molecule has 2 amide bonds. The Balaban J connectivity index is 1.63. The third-order valence-electron chi connectivity index (χ3n) is 5.01. The summed E-state index contributed by atoms with van der Waals surface area (Å²) in [6, 6.07) is 12.1. The van der Waals surface area contributed by atoms with E-state index in [9.17, 15) is 9.59 Å². The minimum Gasteiger partial charge on any atom is -0.480 e. The van der Waals surface area contributed by atoms with Crippen LogP contribution >= 0.6 is 27.5 Å². The Labute approximate surface area is 184 Å². The standard InChI is InChI=1S/C22H24BrClN2O3/c1-14-8-10-26(11-9-14)22(28)16-4-3-5-18(12-16)25-21(27)15(2)29-20-7-6-17(24)13-19(20)23/h3-7,12-15H,8-11H2,1-2H3,(H,25,27). The summed E-state index contributed by atoms with van der Waals surface area (Å²) in [5, 5.41) is 3.40. The largest absolute Gasteiger partial charge is 0.480 e. The van der Waals surface area contributed by atoms with Crippen LogP contribution in [0.2, 0.25) is 5.02 Å². The zero-order valence-corrected chi connectivity index (χ0v) is 18.8.